The topological polar surface area (TPSA) is 38.5 Å². The molecule has 0 amide bonds. The van der Waals surface area contributed by atoms with Gasteiger partial charge in [-0.3, -0.25) is 0 Å². The van der Waals surface area contributed by atoms with Gasteiger partial charge in [-0.15, -0.1) is 0 Å². The average molecular weight is 248 g/mol. The summed E-state index contributed by atoms with van der Waals surface area (Å²) < 4.78 is 5.54. The van der Waals surface area contributed by atoms with Gasteiger partial charge in [0.1, 0.15) is 0 Å². The quantitative estimate of drug-likeness (QED) is 0.830. The van der Waals surface area contributed by atoms with Crippen LogP contribution in [0.2, 0.25) is 0 Å². The predicted octanol–water partition coefficient (Wildman–Crippen LogP) is 2.17. The van der Waals surface area contributed by atoms with Crippen LogP contribution < -0.4 is 5.73 Å². The Bertz CT molecular complexity index is 381. The number of ether oxygens (including phenoxy) is 1. The normalized spacial score (nSPS) is 25.2. The first-order valence-electron chi connectivity index (χ1n) is 6.79. The van der Waals surface area contributed by atoms with Crippen molar-refractivity contribution in [3.63, 3.8) is 0 Å². The van der Waals surface area contributed by atoms with Crippen molar-refractivity contribution < 1.29 is 4.74 Å². The summed E-state index contributed by atoms with van der Waals surface area (Å²) in [5.41, 5.74) is 8.13. The molecule has 0 bridgehead atoms. The SMILES string of the molecule is COC1CN(CCc2ccccc2N)CCC1C. The van der Waals surface area contributed by atoms with Crippen molar-refractivity contribution in [2.75, 3.05) is 32.5 Å². The fraction of sp³-hybridized carbons (Fsp3) is 0.600. The fourth-order valence-corrected chi connectivity index (χ4v) is 2.65. The Labute approximate surface area is 110 Å². The van der Waals surface area contributed by atoms with E-state index in [9.17, 15) is 0 Å². The van der Waals surface area contributed by atoms with Crippen molar-refractivity contribution in [3.05, 3.63) is 29.8 Å². The number of anilines is 1. The van der Waals surface area contributed by atoms with Crippen LogP contribution in [0.4, 0.5) is 5.69 Å². The Morgan fingerprint density at radius 3 is 2.89 bits per heavy atom. The van der Waals surface area contributed by atoms with Gasteiger partial charge in [-0.2, -0.15) is 0 Å². The number of nitrogen functional groups attached to an aromatic ring is 1. The minimum Gasteiger partial charge on any atom is -0.399 e. The molecule has 0 aromatic heterocycles. The summed E-state index contributed by atoms with van der Waals surface area (Å²) in [4.78, 5) is 2.49. The van der Waals surface area contributed by atoms with E-state index in [0.29, 0.717) is 12.0 Å². The van der Waals surface area contributed by atoms with Gasteiger partial charge in [-0.1, -0.05) is 25.1 Å². The Hall–Kier alpha value is -1.06. The number of benzene rings is 1. The smallest absolute Gasteiger partial charge is 0.0724 e. The maximum atomic E-state index is 5.97. The molecule has 100 valence electrons. The van der Waals surface area contributed by atoms with Gasteiger partial charge in [0.15, 0.2) is 0 Å². The number of rotatable bonds is 4. The third-order valence-corrected chi connectivity index (χ3v) is 4.03. The van der Waals surface area contributed by atoms with E-state index in [0.717, 1.165) is 25.2 Å². The highest BCUT2D eigenvalue weighted by molar-refractivity contribution is 5.46. The van der Waals surface area contributed by atoms with Crippen LogP contribution in [0.3, 0.4) is 0 Å². The first-order chi connectivity index (χ1) is 8.70. The summed E-state index contributed by atoms with van der Waals surface area (Å²) in [6.45, 7) is 5.57. The zero-order chi connectivity index (χ0) is 13.0. The van der Waals surface area contributed by atoms with E-state index in [1.54, 1.807) is 0 Å². The molecule has 0 aliphatic carbocycles. The average Bonchev–Trinajstić information content (AvgIpc) is 2.39. The summed E-state index contributed by atoms with van der Waals surface area (Å²) in [6.07, 6.45) is 2.63. The molecule has 0 spiro atoms. The molecule has 1 aromatic rings. The number of nitrogens with zero attached hydrogens (tertiary/aromatic N) is 1. The van der Waals surface area contributed by atoms with Gasteiger partial charge >= 0.3 is 0 Å². The second-order valence-corrected chi connectivity index (χ2v) is 5.29. The Kier molecular flexibility index (Phi) is 4.61. The Balaban J connectivity index is 1.86. The maximum absolute atomic E-state index is 5.97. The van der Waals surface area contributed by atoms with Gasteiger partial charge in [0, 0.05) is 25.9 Å². The Morgan fingerprint density at radius 1 is 1.39 bits per heavy atom. The number of likely N-dealkylation sites (tertiary alicyclic amines) is 1. The lowest BCUT2D eigenvalue weighted by Crippen LogP contribution is -2.44. The molecule has 1 aliphatic heterocycles. The van der Waals surface area contributed by atoms with Crippen molar-refractivity contribution in [1.29, 1.82) is 0 Å². The molecule has 2 unspecified atom stereocenters. The van der Waals surface area contributed by atoms with Crippen molar-refractivity contribution in [2.24, 2.45) is 5.92 Å². The number of para-hydroxylation sites is 1. The molecule has 2 rings (SSSR count). The first kappa shape index (κ1) is 13.4. The minimum atomic E-state index is 0.381. The second kappa shape index (κ2) is 6.21. The van der Waals surface area contributed by atoms with E-state index in [-0.39, 0.29) is 0 Å². The van der Waals surface area contributed by atoms with Crippen LogP contribution in [0.25, 0.3) is 0 Å². The third-order valence-electron chi connectivity index (χ3n) is 4.03. The highest BCUT2D eigenvalue weighted by Gasteiger charge is 2.25. The van der Waals surface area contributed by atoms with Gasteiger partial charge in [0.05, 0.1) is 6.10 Å². The molecule has 1 heterocycles. The standard InChI is InChI=1S/C15H24N2O/c1-12-7-9-17(11-15(12)18-2)10-8-13-5-3-4-6-14(13)16/h3-6,12,15H,7-11,16H2,1-2H3. The predicted molar refractivity (Wildman–Crippen MR) is 75.6 cm³/mol. The van der Waals surface area contributed by atoms with Crippen molar-refractivity contribution in [3.8, 4) is 0 Å². The van der Waals surface area contributed by atoms with Gasteiger partial charge in [0.2, 0.25) is 0 Å². The summed E-state index contributed by atoms with van der Waals surface area (Å²) in [7, 11) is 1.82. The first-order valence-corrected chi connectivity index (χ1v) is 6.79. The van der Waals surface area contributed by atoms with Crippen molar-refractivity contribution in [1.82, 2.24) is 4.90 Å². The van der Waals surface area contributed by atoms with Crippen molar-refractivity contribution in [2.45, 2.75) is 25.9 Å². The molecular formula is C15H24N2O. The van der Waals surface area contributed by atoms with E-state index in [1.165, 1.54) is 18.5 Å². The Morgan fingerprint density at radius 2 is 2.17 bits per heavy atom. The summed E-state index contributed by atoms with van der Waals surface area (Å²) >= 11 is 0. The highest BCUT2D eigenvalue weighted by Crippen LogP contribution is 2.20. The summed E-state index contributed by atoms with van der Waals surface area (Å²) in [5, 5.41) is 0. The number of hydrogen-bond donors (Lipinski definition) is 1. The molecule has 1 saturated heterocycles. The molecule has 1 fully saturated rings. The van der Waals surface area contributed by atoms with E-state index in [4.69, 9.17) is 10.5 Å². The van der Waals surface area contributed by atoms with Gasteiger partial charge in [-0.25, -0.2) is 0 Å². The lowest BCUT2D eigenvalue weighted by molar-refractivity contribution is -0.00445. The van der Waals surface area contributed by atoms with Crippen LogP contribution in [0.15, 0.2) is 24.3 Å². The summed E-state index contributed by atoms with van der Waals surface area (Å²) in [6, 6.07) is 8.14. The van der Waals surface area contributed by atoms with E-state index < -0.39 is 0 Å². The molecular weight excluding hydrogens is 224 g/mol. The molecule has 1 aliphatic rings. The molecule has 3 nitrogen and oxygen atoms in total. The number of nitrogens with two attached hydrogens (primary N) is 1. The van der Waals surface area contributed by atoms with Gasteiger partial charge in [0.25, 0.3) is 0 Å². The molecule has 18 heavy (non-hydrogen) atoms. The minimum absolute atomic E-state index is 0.381. The largest absolute Gasteiger partial charge is 0.399 e. The summed E-state index contributed by atoms with van der Waals surface area (Å²) in [5.74, 6) is 0.674. The lowest BCUT2D eigenvalue weighted by atomic mass is 9.95. The van der Waals surface area contributed by atoms with E-state index in [2.05, 4.69) is 24.0 Å². The third kappa shape index (κ3) is 3.24. The maximum Gasteiger partial charge on any atom is 0.0724 e. The van der Waals surface area contributed by atoms with Crippen LogP contribution in [-0.4, -0.2) is 37.7 Å². The number of piperidine rings is 1. The fourth-order valence-electron chi connectivity index (χ4n) is 2.65. The second-order valence-electron chi connectivity index (χ2n) is 5.29. The number of hydrogen-bond acceptors (Lipinski definition) is 3. The van der Waals surface area contributed by atoms with Gasteiger partial charge in [-0.05, 0) is 36.9 Å². The molecule has 2 N–H and O–H groups in total. The van der Waals surface area contributed by atoms with Crippen LogP contribution in [-0.2, 0) is 11.2 Å². The monoisotopic (exact) mass is 248 g/mol. The zero-order valence-electron chi connectivity index (χ0n) is 11.4. The molecule has 0 radical (unpaired) electrons. The zero-order valence-corrected chi connectivity index (χ0v) is 11.4. The molecule has 1 aromatic carbocycles. The van der Waals surface area contributed by atoms with Crippen molar-refractivity contribution >= 4 is 5.69 Å². The number of methoxy groups -OCH3 is 1. The molecule has 3 heteroatoms. The lowest BCUT2D eigenvalue weighted by Gasteiger charge is -2.36. The highest BCUT2D eigenvalue weighted by atomic mass is 16.5. The van der Waals surface area contributed by atoms with Crippen LogP contribution >= 0.6 is 0 Å². The molecule has 2 atom stereocenters. The van der Waals surface area contributed by atoms with Crippen LogP contribution in [0.1, 0.15) is 18.9 Å². The van der Waals surface area contributed by atoms with Crippen LogP contribution in [0, 0.1) is 5.92 Å². The molecule has 0 saturated carbocycles. The van der Waals surface area contributed by atoms with E-state index >= 15 is 0 Å². The van der Waals surface area contributed by atoms with E-state index in [1.807, 2.05) is 19.2 Å². The van der Waals surface area contributed by atoms with Gasteiger partial charge < -0.3 is 15.4 Å². The van der Waals surface area contributed by atoms with Crippen LogP contribution in [0.5, 0.6) is 0 Å².